The Labute approximate surface area is 153 Å². The zero-order chi connectivity index (χ0) is 17.5. The van der Waals surface area contributed by atoms with E-state index in [1.165, 1.54) is 31.6 Å². The van der Waals surface area contributed by atoms with Gasteiger partial charge in [-0.1, -0.05) is 48.5 Å². The average Bonchev–Trinajstić information content (AvgIpc) is 3.36. The highest BCUT2D eigenvalue weighted by Crippen LogP contribution is 2.34. The number of rotatable bonds is 0. The van der Waals surface area contributed by atoms with Crippen LogP contribution < -0.4 is 10.7 Å². The molecule has 124 valence electrons. The summed E-state index contributed by atoms with van der Waals surface area (Å²) in [6.07, 6.45) is 0. The topological polar surface area (TPSA) is 40.5 Å². The Bertz CT molecular complexity index is 1780. The molecule has 2 aliphatic heterocycles. The quantitative estimate of drug-likeness (QED) is 0.423. The van der Waals surface area contributed by atoms with Crippen molar-refractivity contribution in [1.29, 1.82) is 0 Å². The predicted molar refractivity (Wildman–Crippen MR) is 106 cm³/mol. The Morgan fingerprint density at radius 1 is 0.519 bits per heavy atom. The van der Waals surface area contributed by atoms with E-state index in [0.29, 0.717) is 0 Å². The third-order valence-electron chi connectivity index (χ3n) is 5.72. The van der Waals surface area contributed by atoms with Crippen LogP contribution >= 0.6 is 0 Å². The van der Waals surface area contributed by atoms with Crippen LogP contribution in [-0.4, -0.2) is 4.98 Å². The molecular formula is C24H13N3. The first-order chi connectivity index (χ1) is 13.4. The van der Waals surface area contributed by atoms with Gasteiger partial charge in [-0.15, -0.1) is 0 Å². The van der Waals surface area contributed by atoms with E-state index in [0.717, 1.165) is 33.1 Å². The van der Waals surface area contributed by atoms with Gasteiger partial charge in [-0.2, -0.15) is 0 Å². The number of hydrogen-bond acceptors (Lipinski definition) is 2. The van der Waals surface area contributed by atoms with Gasteiger partial charge in [0.15, 0.2) is 0 Å². The van der Waals surface area contributed by atoms with Crippen LogP contribution in [0, 0.1) is 20.9 Å². The molecule has 27 heavy (non-hydrogen) atoms. The number of nitrogens with zero attached hydrogens (tertiary/aromatic N) is 2. The van der Waals surface area contributed by atoms with E-state index in [2.05, 4.69) is 71.7 Å². The number of aromatic amines is 1. The fraction of sp³-hybridized carbons (Fsp3) is 0. The highest BCUT2D eigenvalue weighted by atomic mass is 14.8. The molecule has 0 atom stereocenters. The number of nitrogens with one attached hydrogen (secondary N) is 1. The van der Waals surface area contributed by atoms with Crippen molar-refractivity contribution >= 4 is 33.2 Å². The Hall–Kier alpha value is -3.72. The lowest BCUT2D eigenvalue weighted by atomic mass is 10.1. The molecule has 0 spiro atoms. The molecule has 0 bridgehead atoms. The van der Waals surface area contributed by atoms with Crippen molar-refractivity contribution in [2.75, 3.05) is 0 Å². The van der Waals surface area contributed by atoms with Gasteiger partial charge in [-0.25, -0.2) is 9.98 Å². The molecule has 0 radical (unpaired) electrons. The van der Waals surface area contributed by atoms with Crippen molar-refractivity contribution in [1.82, 2.24) is 4.98 Å². The van der Waals surface area contributed by atoms with Crippen molar-refractivity contribution in [2.24, 2.45) is 9.98 Å². The number of hydrogen-bond donors (Lipinski definition) is 1. The average molecular weight is 343 g/mol. The molecule has 5 aromatic rings. The summed E-state index contributed by atoms with van der Waals surface area (Å²) in [6.45, 7) is 0. The minimum Gasteiger partial charge on any atom is -0.354 e. The van der Waals surface area contributed by atoms with Crippen molar-refractivity contribution in [2.45, 2.75) is 0 Å². The third kappa shape index (κ3) is 1.62. The molecule has 2 aliphatic rings. The van der Waals surface area contributed by atoms with Crippen molar-refractivity contribution in [3.05, 3.63) is 104 Å². The SMILES string of the molecule is c1ccc2c(c1)=Nc1c3c(ccc1=2)=c1cc2[nH]c4ccccc4c2cc1=N3. The van der Waals surface area contributed by atoms with Crippen LogP contribution in [0.2, 0.25) is 0 Å². The summed E-state index contributed by atoms with van der Waals surface area (Å²) in [6, 6.07) is 25.5. The summed E-state index contributed by atoms with van der Waals surface area (Å²) < 4.78 is 0. The standard InChI is InChI=1S/C24H13N3/c1-4-8-20-13(5-1)15-9-10-16-18-12-21-17(14-6-2-3-7-19(14)25-21)11-22(18)27-24(16)23(15)26-20/h1-12,25H. The zero-order valence-corrected chi connectivity index (χ0v) is 14.3. The Morgan fingerprint density at radius 2 is 1.26 bits per heavy atom. The van der Waals surface area contributed by atoms with Gasteiger partial charge >= 0.3 is 0 Å². The number of benzene rings is 4. The van der Waals surface area contributed by atoms with Gasteiger partial charge in [0, 0.05) is 42.7 Å². The van der Waals surface area contributed by atoms with Gasteiger partial charge in [0.2, 0.25) is 0 Å². The van der Waals surface area contributed by atoms with Gasteiger partial charge in [0.05, 0.1) is 22.1 Å². The fourth-order valence-electron chi connectivity index (χ4n) is 4.48. The maximum Gasteiger partial charge on any atom is 0.0979 e. The minimum absolute atomic E-state index is 0.996. The summed E-state index contributed by atoms with van der Waals surface area (Å²) >= 11 is 0. The van der Waals surface area contributed by atoms with Gasteiger partial charge in [-0.05, 0) is 24.3 Å². The van der Waals surface area contributed by atoms with Crippen LogP contribution in [-0.2, 0) is 0 Å². The molecule has 3 heteroatoms. The van der Waals surface area contributed by atoms with Crippen LogP contribution in [0.25, 0.3) is 21.8 Å². The van der Waals surface area contributed by atoms with Gasteiger partial charge in [-0.3, -0.25) is 0 Å². The Kier molecular flexibility index (Phi) is 2.25. The maximum absolute atomic E-state index is 5.00. The number of aromatic nitrogens is 1. The largest absolute Gasteiger partial charge is 0.354 e. The van der Waals surface area contributed by atoms with E-state index in [-0.39, 0.29) is 0 Å². The van der Waals surface area contributed by atoms with Crippen molar-refractivity contribution in [3.8, 4) is 0 Å². The molecule has 0 unspecified atom stereocenters. The first-order valence-electron chi connectivity index (χ1n) is 9.11. The highest BCUT2D eigenvalue weighted by molar-refractivity contribution is 6.07. The molecular weight excluding hydrogens is 330 g/mol. The Balaban J connectivity index is 1.68. The highest BCUT2D eigenvalue weighted by Gasteiger charge is 2.15. The summed E-state index contributed by atoms with van der Waals surface area (Å²) in [7, 11) is 0. The van der Waals surface area contributed by atoms with E-state index < -0.39 is 0 Å². The first-order valence-corrected chi connectivity index (χ1v) is 9.11. The molecule has 1 aromatic heterocycles. The summed E-state index contributed by atoms with van der Waals surface area (Å²) in [5.41, 5.74) is 4.31. The van der Waals surface area contributed by atoms with E-state index in [4.69, 9.17) is 9.98 Å². The molecule has 0 amide bonds. The normalized spacial score (nSPS) is 13.0. The number of fused-ring (bicyclic) bond motifs is 8. The number of H-pyrrole nitrogens is 1. The van der Waals surface area contributed by atoms with E-state index in [9.17, 15) is 0 Å². The lowest BCUT2D eigenvalue weighted by molar-refractivity contribution is 1.33. The molecule has 7 rings (SSSR count). The smallest absolute Gasteiger partial charge is 0.0979 e. The summed E-state index contributed by atoms with van der Waals surface area (Å²) in [5, 5.41) is 9.24. The van der Waals surface area contributed by atoms with Crippen LogP contribution in [0.5, 0.6) is 0 Å². The van der Waals surface area contributed by atoms with Gasteiger partial charge in [0.25, 0.3) is 0 Å². The molecule has 1 N–H and O–H groups in total. The molecule has 0 aliphatic carbocycles. The van der Waals surface area contributed by atoms with Gasteiger partial charge in [0.1, 0.15) is 0 Å². The fourth-order valence-corrected chi connectivity index (χ4v) is 4.48. The molecule has 0 saturated heterocycles. The lowest BCUT2D eigenvalue weighted by Crippen LogP contribution is -1.99. The summed E-state index contributed by atoms with van der Waals surface area (Å²) in [5.74, 6) is 0. The second-order valence-corrected chi connectivity index (χ2v) is 7.18. The Morgan fingerprint density at radius 3 is 2.19 bits per heavy atom. The zero-order valence-electron chi connectivity index (χ0n) is 14.3. The molecule has 0 fully saturated rings. The van der Waals surface area contributed by atoms with Crippen LogP contribution in [0.15, 0.2) is 82.8 Å². The van der Waals surface area contributed by atoms with Gasteiger partial charge < -0.3 is 4.98 Å². The monoisotopic (exact) mass is 343 g/mol. The van der Waals surface area contributed by atoms with Crippen molar-refractivity contribution < 1.29 is 0 Å². The predicted octanol–water partition coefficient (Wildman–Crippen LogP) is 4.42. The minimum atomic E-state index is 0.996. The second kappa shape index (κ2) is 4.51. The number of para-hydroxylation sites is 2. The van der Waals surface area contributed by atoms with E-state index >= 15 is 0 Å². The van der Waals surface area contributed by atoms with Crippen LogP contribution in [0.3, 0.4) is 0 Å². The van der Waals surface area contributed by atoms with Crippen molar-refractivity contribution in [3.63, 3.8) is 0 Å². The van der Waals surface area contributed by atoms with E-state index in [1.807, 2.05) is 6.07 Å². The summed E-state index contributed by atoms with van der Waals surface area (Å²) in [4.78, 5) is 13.4. The molecule has 3 nitrogen and oxygen atoms in total. The van der Waals surface area contributed by atoms with Crippen LogP contribution in [0.4, 0.5) is 11.4 Å². The lowest BCUT2D eigenvalue weighted by Gasteiger charge is -1.96. The van der Waals surface area contributed by atoms with Crippen LogP contribution in [0.1, 0.15) is 0 Å². The third-order valence-corrected chi connectivity index (χ3v) is 5.72. The molecule has 0 saturated carbocycles. The second-order valence-electron chi connectivity index (χ2n) is 7.18. The molecule has 4 aromatic carbocycles. The van der Waals surface area contributed by atoms with E-state index in [1.54, 1.807) is 0 Å². The first kappa shape index (κ1) is 13.5. The molecule has 3 heterocycles. The maximum atomic E-state index is 5.00.